The van der Waals surface area contributed by atoms with Crippen LogP contribution in [-0.2, 0) is 0 Å². The molecular weight excluding hydrogens is 219 g/mol. The van der Waals surface area contributed by atoms with E-state index in [1.54, 1.807) is 0 Å². The molecule has 94 valence electrons. The Balaban J connectivity index is 2.60. The summed E-state index contributed by atoms with van der Waals surface area (Å²) in [6.07, 6.45) is 2.14. The Morgan fingerprint density at radius 2 is 2.24 bits per heavy atom. The van der Waals surface area contributed by atoms with Crippen LogP contribution in [0.3, 0.4) is 0 Å². The van der Waals surface area contributed by atoms with Crippen molar-refractivity contribution < 1.29 is 9.18 Å². The quantitative estimate of drug-likeness (QED) is 0.713. The van der Waals surface area contributed by atoms with Gasteiger partial charge in [0.1, 0.15) is 11.5 Å². The van der Waals surface area contributed by atoms with Gasteiger partial charge in [-0.3, -0.25) is 9.78 Å². The molecule has 0 saturated carbocycles. The van der Waals surface area contributed by atoms with Crippen LogP contribution in [-0.4, -0.2) is 35.8 Å². The van der Waals surface area contributed by atoms with Gasteiger partial charge in [-0.15, -0.1) is 0 Å². The molecular formula is C13H19FN2O. The first-order valence-electron chi connectivity index (χ1n) is 5.89. The Morgan fingerprint density at radius 1 is 1.53 bits per heavy atom. The number of halogens is 1. The molecule has 0 radical (unpaired) electrons. The van der Waals surface area contributed by atoms with E-state index in [4.69, 9.17) is 0 Å². The van der Waals surface area contributed by atoms with Crippen LogP contribution in [0.25, 0.3) is 0 Å². The molecule has 0 aliphatic heterocycles. The Morgan fingerprint density at radius 3 is 2.76 bits per heavy atom. The fourth-order valence-corrected chi connectivity index (χ4v) is 1.80. The van der Waals surface area contributed by atoms with Gasteiger partial charge in [0.15, 0.2) is 5.78 Å². The minimum atomic E-state index is -0.419. The van der Waals surface area contributed by atoms with Gasteiger partial charge in [-0.1, -0.05) is 13.8 Å². The summed E-state index contributed by atoms with van der Waals surface area (Å²) in [5.74, 6) is -0.574. The van der Waals surface area contributed by atoms with E-state index in [1.165, 1.54) is 12.1 Å². The summed E-state index contributed by atoms with van der Waals surface area (Å²) in [5.41, 5.74) is 0.337. The lowest BCUT2D eigenvalue weighted by atomic mass is 10.0. The molecule has 0 saturated heterocycles. The monoisotopic (exact) mass is 238 g/mol. The molecule has 1 rings (SSSR count). The van der Waals surface area contributed by atoms with E-state index in [-0.39, 0.29) is 11.7 Å². The lowest BCUT2D eigenvalue weighted by molar-refractivity contribution is 0.0898. The normalized spacial score (nSPS) is 12.8. The molecule has 1 aromatic rings. The number of aromatic nitrogens is 1. The third-order valence-corrected chi connectivity index (χ3v) is 2.62. The van der Waals surface area contributed by atoms with Gasteiger partial charge in [-0.25, -0.2) is 4.39 Å². The zero-order valence-corrected chi connectivity index (χ0v) is 10.6. The number of rotatable bonds is 6. The molecule has 1 unspecified atom stereocenters. The predicted octanol–water partition coefficient (Wildman–Crippen LogP) is 2.38. The van der Waals surface area contributed by atoms with E-state index in [1.807, 2.05) is 14.0 Å². The van der Waals surface area contributed by atoms with Crippen molar-refractivity contribution in [2.24, 2.45) is 5.92 Å². The highest BCUT2D eigenvalue weighted by Gasteiger charge is 2.17. The average Bonchev–Trinajstić information content (AvgIpc) is 2.29. The third-order valence-electron chi connectivity index (χ3n) is 2.62. The van der Waals surface area contributed by atoms with Crippen LogP contribution in [0.4, 0.5) is 4.39 Å². The summed E-state index contributed by atoms with van der Waals surface area (Å²) in [6, 6.07) is 2.71. The van der Waals surface area contributed by atoms with Crippen molar-refractivity contribution in [1.82, 2.24) is 9.88 Å². The Labute approximate surface area is 102 Å². The van der Waals surface area contributed by atoms with Gasteiger partial charge in [0, 0.05) is 12.5 Å². The molecule has 1 atom stereocenters. The highest BCUT2D eigenvalue weighted by atomic mass is 19.1. The number of hydrogen-bond acceptors (Lipinski definition) is 3. The zero-order chi connectivity index (χ0) is 12.8. The fourth-order valence-electron chi connectivity index (χ4n) is 1.80. The number of carbonyl (C=O) groups excluding carboxylic acids is 1. The molecule has 0 spiro atoms. The van der Waals surface area contributed by atoms with E-state index in [0.29, 0.717) is 12.2 Å². The molecule has 0 amide bonds. The van der Waals surface area contributed by atoms with Crippen LogP contribution in [0.2, 0.25) is 0 Å². The third kappa shape index (κ3) is 4.23. The molecule has 1 aromatic heterocycles. The second kappa shape index (κ2) is 6.45. The first kappa shape index (κ1) is 13.8. The largest absolute Gasteiger partial charge is 0.306 e. The highest BCUT2D eigenvalue weighted by Crippen LogP contribution is 2.08. The predicted molar refractivity (Wildman–Crippen MR) is 65.5 cm³/mol. The van der Waals surface area contributed by atoms with Crippen LogP contribution in [0, 0.1) is 11.7 Å². The molecule has 0 fully saturated rings. The van der Waals surface area contributed by atoms with Gasteiger partial charge in [0.2, 0.25) is 0 Å². The van der Waals surface area contributed by atoms with Crippen LogP contribution in [0.1, 0.15) is 30.8 Å². The molecule has 4 heteroatoms. The molecule has 0 aromatic carbocycles. The summed E-state index contributed by atoms with van der Waals surface area (Å²) in [5, 5.41) is 0. The van der Waals surface area contributed by atoms with Gasteiger partial charge in [-0.2, -0.15) is 0 Å². The van der Waals surface area contributed by atoms with Crippen LogP contribution < -0.4 is 0 Å². The smallest absolute Gasteiger partial charge is 0.185 e. The van der Waals surface area contributed by atoms with Crippen molar-refractivity contribution in [2.45, 2.75) is 20.3 Å². The molecule has 0 aliphatic rings. The van der Waals surface area contributed by atoms with Crippen molar-refractivity contribution in [3.05, 3.63) is 29.8 Å². The van der Waals surface area contributed by atoms with E-state index in [9.17, 15) is 9.18 Å². The van der Waals surface area contributed by atoms with E-state index in [2.05, 4.69) is 16.8 Å². The second-order valence-electron chi connectivity index (χ2n) is 4.39. The summed E-state index contributed by atoms with van der Waals surface area (Å²) in [7, 11) is 1.99. The molecule has 3 nitrogen and oxygen atoms in total. The van der Waals surface area contributed by atoms with Crippen molar-refractivity contribution in [3.8, 4) is 0 Å². The number of carbonyl (C=O) groups is 1. The van der Waals surface area contributed by atoms with E-state index >= 15 is 0 Å². The second-order valence-corrected chi connectivity index (χ2v) is 4.39. The molecule has 0 bridgehead atoms. The lowest BCUT2D eigenvalue weighted by Crippen LogP contribution is -2.29. The first-order valence-corrected chi connectivity index (χ1v) is 5.89. The molecule has 1 heterocycles. The summed E-state index contributed by atoms with van der Waals surface area (Å²) in [4.78, 5) is 17.9. The maximum Gasteiger partial charge on any atom is 0.185 e. The Kier molecular flexibility index (Phi) is 5.22. The van der Waals surface area contributed by atoms with E-state index < -0.39 is 5.82 Å². The van der Waals surface area contributed by atoms with Gasteiger partial charge in [-0.05, 0) is 32.1 Å². The van der Waals surface area contributed by atoms with Crippen molar-refractivity contribution in [3.63, 3.8) is 0 Å². The Hall–Kier alpha value is -1.29. The molecule has 17 heavy (non-hydrogen) atoms. The maximum atomic E-state index is 12.7. The van der Waals surface area contributed by atoms with Crippen molar-refractivity contribution in [2.75, 3.05) is 20.1 Å². The van der Waals surface area contributed by atoms with Crippen LogP contribution >= 0.6 is 0 Å². The van der Waals surface area contributed by atoms with Gasteiger partial charge >= 0.3 is 0 Å². The van der Waals surface area contributed by atoms with Crippen LogP contribution in [0.15, 0.2) is 18.3 Å². The number of ketones is 1. The maximum absolute atomic E-state index is 12.7. The van der Waals surface area contributed by atoms with Gasteiger partial charge in [0.05, 0.1) is 6.20 Å². The summed E-state index contributed by atoms with van der Waals surface area (Å²) in [6.45, 7) is 5.64. The number of hydrogen-bond donors (Lipinski definition) is 0. The SMILES string of the molecule is CCCN(C)CC(C)C(=O)c1ccc(F)cn1. The topological polar surface area (TPSA) is 33.2 Å². The summed E-state index contributed by atoms with van der Waals surface area (Å²) >= 11 is 0. The zero-order valence-electron chi connectivity index (χ0n) is 10.6. The number of pyridine rings is 1. The van der Waals surface area contributed by atoms with Crippen LogP contribution in [0.5, 0.6) is 0 Å². The fraction of sp³-hybridized carbons (Fsp3) is 0.538. The Bertz CT molecular complexity index is 364. The van der Waals surface area contributed by atoms with E-state index in [0.717, 1.165) is 19.2 Å². The van der Waals surface area contributed by atoms with Gasteiger partial charge < -0.3 is 4.90 Å². The van der Waals surface area contributed by atoms with Crippen molar-refractivity contribution >= 4 is 5.78 Å². The first-order chi connectivity index (χ1) is 8.04. The average molecular weight is 238 g/mol. The molecule has 0 N–H and O–H groups in total. The number of Topliss-reactive ketones (excluding diaryl/α,β-unsaturated/α-hetero) is 1. The number of nitrogens with zero attached hydrogens (tertiary/aromatic N) is 2. The minimum Gasteiger partial charge on any atom is -0.306 e. The lowest BCUT2D eigenvalue weighted by Gasteiger charge is -2.19. The highest BCUT2D eigenvalue weighted by molar-refractivity contribution is 5.95. The summed E-state index contributed by atoms with van der Waals surface area (Å²) < 4.78 is 12.7. The van der Waals surface area contributed by atoms with Crippen molar-refractivity contribution in [1.29, 1.82) is 0 Å². The molecule has 0 aliphatic carbocycles. The minimum absolute atomic E-state index is 0.0343. The standard InChI is InChI=1S/C13H19FN2O/c1-4-7-16(3)9-10(2)13(17)12-6-5-11(14)8-15-12/h5-6,8,10H,4,7,9H2,1-3H3. The van der Waals surface area contributed by atoms with Gasteiger partial charge in [0.25, 0.3) is 0 Å².